The lowest BCUT2D eigenvalue weighted by Gasteiger charge is -2.42. The third-order valence-corrected chi connectivity index (χ3v) is 12.3. The number of benzene rings is 1. The van der Waals surface area contributed by atoms with Crippen molar-refractivity contribution < 1.29 is 13.6 Å². The summed E-state index contributed by atoms with van der Waals surface area (Å²) in [5.41, 5.74) is 9.14. The van der Waals surface area contributed by atoms with E-state index in [-0.39, 0.29) is 22.7 Å². The third kappa shape index (κ3) is 5.69. The first-order valence-electron chi connectivity index (χ1n) is 13.3. The number of aryl methyl sites for hydroxylation is 1. The van der Waals surface area contributed by atoms with Gasteiger partial charge in [-0.1, -0.05) is 20.8 Å². The lowest BCUT2D eigenvalue weighted by molar-refractivity contribution is 0.102. The summed E-state index contributed by atoms with van der Waals surface area (Å²) in [5, 5.41) is 8.79. The Balaban J connectivity index is 1.36. The molecule has 1 aliphatic rings. The van der Waals surface area contributed by atoms with Crippen LogP contribution in [0.3, 0.4) is 0 Å². The van der Waals surface area contributed by atoms with Crippen LogP contribution in [-0.2, 0) is 11.5 Å². The molecule has 4 heterocycles. The number of oxazole rings is 1. The number of nitrogens with one attached hydrogen (secondary N) is 1. The molecule has 11 heteroatoms. The number of anilines is 3. The van der Waals surface area contributed by atoms with Crippen LogP contribution in [0.1, 0.15) is 44.1 Å². The van der Waals surface area contributed by atoms with E-state index in [0.717, 1.165) is 42.5 Å². The van der Waals surface area contributed by atoms with E-state index in [1.807, 2.05) is 25.4 Å². The van der Waals surface area contributed by atoms with Gasteiger partial charge in [0.2, 0.25) is 5.89 Å². The fraction of sp³-hybridized carbons (Fsp3) is 0.429. The summed E-state index contributed by atoms with van der Waals surface area (Å²) in [7, 11) is 0.0556. The minimum atomic E-state index is -1.84. The molecule has 5 rings (SSSR count). The van der Waals surface area contributed by atoms with Gasteiger partial charge in [0.05, 0.1) is 16.9 Å². The maximum Gasteiger partial charge on any atom is 0.277 e. The molecule has 0 aliphatic carbocycles. The first kappa shape index (κ1) is 26.9. The van der Waals surface area contributed by atoms with Gasteiger partial charge in [0.25, 0.3) is 5.91 Å². The van der Waals surface area contributed by atoms with Gasteiger partial charge >= 0.3 is 0 Å². The molecule has 3 N–H and O–H groups in total. The van der Waals surface area contributed by atoms with E-state index in [4.69, 9.17) is 14.6 Å². The zero-order valence-electron chi connectivity index (χ0n) is 23.5. The number of fused-ring (bicyclic) bond motifs is 1. The maximum atomic E-state index is 13.3. The molecule has 206 valence electrons. The van der Waals surface area contributed by atoms with E-state index in [1.165, 1.54) is 6.26 Å². The summed E-state index contributed by atoms with van der Waals surface area (Å²) in [6.07, 6.45) is 6.98. The third-order valence-electron chi connectivity index (χ3n) is 7.80. The molecule has 0 radical (unpaired) electrons. The van der Waals surface area contributed by atoms with Crippen LogP contribution in [0, 0.1) is 0 Å². The monoisotopic (exact) mass is 547 g/mol. The molecule has 1 aromatic carbocycles. The van der Waals surface area contributed by atoms with Crippen molar-refractivity contribution in [2.45, 2.75) is 57.8 Å². The first-order chi connectivity index (χ1) is 18.4. The van der Waals surface area contributed by atoms with E-state index in [2.05, 4.69) is 59.1 Å². The molecule has 39 heavy (non-hydrogen) atoms. The topological polar surface area (TPSA) is 124 Å². The average Bonchev–Trinajstić information content (AvgIpc) is 3.49. The fourth-order valence-corrected chi connectivity index (χ4v) is 6.05. The van der Waals surface area contributed by atoms with Gasteiger partial charge in [0.1, 0.15) is 12.1 Å². The fourth-order valence-electron chi connectivity index (χ4n) is 4.63. The molecule has 0 saturated carbocycles. The van der Waals surface area contributed by atoms with Crippen LogP contribution in [0.15, 0.2) is 47.3 Å². The number of amides is 1. The highest BCUT2D eigenvalue weighted by Gasteiger charge is 2.39. The molecule has 3 aromatic heterocycles. The van der Waals surface area contributed by atoms with Gasteiger partial charge in [0, 0.05) is 49.6 Å². The Morgan fingerprint density at radius 3 is 2.64 bits per heavy atom. The smallest absolute Gasteiger partial charge is 0.277 e. The van der Waals surface area contributed by atoms with Gasteiger partial charge in [-0.15, -0.1) is 0 Å². The second-order valence-corrected chi connectivity index (χ2v) is 16.5. The Kier molecular flexibility index (Phi) is 6.98. The Morgan fingerprint density at radius 2 is 1.95 bits per heavy atom. The van der Waals surface area contributed by atoms with Crippen LogP contribution in [0.25, 0.3) is 22.4 Å². The summed E-state index contributed by atoms with van der Waals surface area (Å²) in [6, 6.07) is 7.41. The van der Waals surface area contributed by atoms with Gasteiger partial charge < -0.3 is 24.8 Å². The van der Waals surface area contributed by atoms with Gasteiger partial charge in [-0.3, -0.25) is 9.48 Å². The molecular formula is C28H37N7O3Si. The zero-order valence-corrected chi connectivity index (χ0v) is 24.5. The summed E-state index contributed by atoms with van der Waals surface area (Å²) in [5.74, 6) is 0.304. The molecular weight excluding hydrogens is 510 g/mol. The molecule has 4 aromatic rings. The molecule has 0 unspecified atom stereocenters. The van der Waals surface area contributed by atoms with Crippen molar-refractivity contribution in [3.63, 3.8) is 0 Å². The minimum absolute atomic E-state index is 0.177. The Bertz CT molecular complexity index is 1500. The van der Waals surface area contributed by atoms with Crippen molar-refractivity contribution in [2.24, 2.45) is 7.05 Å². The van der Waals surface area contributed by atoms with Crippen LogP contribution in [0.4, 0.5) is 17.2 Å². The van der Waals surface area contributed by atoms with Gasteiger partial charge in [-0.25, -0.2) is 9.97 Å². The van der Waals surface area contributed by atoms with Crippen LogP contribution in [0.5, 0.6) is 0 Å². The molecule has 1 amide bonds. The van der Waals surface area contributed by atoms with Crippen LogP contribution in [0.2, 0.25) is 18.1 Å². The van der Waals surface area contributed by atoms with Crippen molar-refractivity contribution in [2.75, 3.05) is 29.0 Å². The maximum absolute atomic E-state index is 13.3. The predicted molar refractivity (Wildman–Crippen MR) is 156 cm³/mol. The Hall–Kier alpha value is -3.70. The van der Waals surface area contributed by atoms with Crippen molar-refractivity contribution in [3.05, 3.63) is 48.6 Å². The summed E-state index contributed by atoms with van der Waals surface area (Å²) >= 11 is 0. The highest BCUT2D eigenvalue weighted by Crippen LogP contribution is 2.39. The quantitative estimate of drug-likeness (QED) is 0.306. The molecule has 10 nitrogen and oxygen atoms in total. The van der Waals surface area contributed by atoms with E-state index >= 15 is 0 Å². The minimum Gasteiger partial charge on any atom is -0.444 e. The van der Waals surface area contributed by atoms with Gasteiger partial charge in [-0.2, -0.15) is 5.10 Å². The number of pyridine rings is 1. The number of carbonyl (C=O) groups is 1. The number of piperidine rings is 1. The van der Waals surface area contributed by atoms with E-state index in [1.54, 1.807) is 23.0 Å². The molecule has 1 aliphatic heterocycles. The number of nitrogens with two attached hydrogens (primary N) is 1. The largest absolute Gasteiger partial charge is 0.444 e. The first-order valence-corrected chi connectivity index (χ1v) is 16.2. The number of carbonyl (C=O) groups excluding carboxylic acids is 1. The van der Waals surface area contributed by atoms with Crippen LogP contribution < -0.4 is 16.0 Å². The number of rotatable bonds is 6. The average molecular weight is 548 g/mol. The summed E-state index contributed by atoms with van der Waals surface area (Å²) < 4.78 is 14.0. The second kappa shape index (κ2) is 10.1. The van der Waals surface area contributed by atoms with E-state index in [9.17, 15) is 4.79 Å². The molecule has 0 spiro atoms. The summed E-state index contributed by atoms with van der Waals surface area (Å²) in [6.45, 7) is 13.1. The van der Waals surface area contributed by atoms with Crippen molar-refractivity contribution in [1.29, 1.82) is 0 Å². The van der Waals surface area contributed by atoms with E-state index in [0.29, 0.717) is 23.0 Å². The van der Waals surface area contributed by atoms with Gasteiger partial charge in [0.15, 0.2) is 14.0 Å². The zero-order chi connectivity index (χ0) is 27.9. The highest BCUT2D eigenvalue weighted by atomic mass is 28.4. The lowest BCUT2D eigenvalue weighted by atomic mass is 10.1. The number of nitrogen functional groups attached to an aromatic ring is 1. The Morgan fingerprint density at radius 1 is 1.21 bits per heavy atom. The number of hydrogen-bond donors (Lipinski definition) is 2. The second-order valence-electron chi connectivity index (χ2n) is 11.8. The van der Waals surface area contributed by atoms with Crippen LogP contribution >= 0.6 is 0 Å². The van der Waals surface area contributed by atoms with Crippen LogP contribution in [-0.4, -0.2) is 53.2 Å². The summed E-state index contributed by atoms with van der Waals surface area (Å²) in [4.78, 5) is 24.0. The SMILES string of the molecule is Cn1cc2cc(NC(=O)c3coc(-c4ccnc(N)c4)n3)c(N3CCC(O[Si](C)(C)C(C)(C)C)CC3)cc2n1. The number of nitrogens with zero attached hydrogens (tertiary/aromatic N) is 5. The van der Waals surface area contributed by atoms with Gasteiger partial charge in [-0.05, 0) is 55.2 Å². The van der Waals surface area contributed by atoms with E-state index < -0.39 is 8.32 Å². The standard InChI is InChI=1S/C28H37N7O3Si/c1-28(2,3)39(5,6)38-20-8-11-35(12-9-20)24-15-21-19(16-34(4)33-21)13-22(24)31-26(36)23-17-37-27(32-23)18-7-10-30-25(29)14-18/h7,10,13-17,20H,8-9,11-12H2,1-6H3,(H2,29,30)(H,31,36). The van der Waals surface area contributed by atoms with Crippen molar-refractivity contribution >= 4 is 42.3 Å². The molecule has 0 bridgehead atoms. The molecule has 0 atom stereocenters. The number of hydrogen-bond acceptors (Lipinski definition) is 8. The lowest BCUT2D eigenvalue weighted by Crippen LogP contribution is -2.47. The number of aromatic nitrogens is 4. The normalized spacial score (nSPS) is 15.2. The molecule has 1 fully saturated rings. The molecule has 1 saturated heterocycles. The highest BCUT2D eigenvalue weighted by molar-refractivity contribution is 6.74. The Labute approximate surface area is 229 Å². The predicted octanol–water partition coefficient (Wildman–Crippen LogP) is 5.45. The van der Waals surface area contributed by atoms with Crippen molar-refractivity contribution in [3.8, 4) is 11.5 Å². The van der Waals surface area contributed by atoms with Crippen molar-refractivity contribution in [1.82, 2.24) is 19.7 Å².